The van der Waals surface area contributed by atoms with Gasteiger partial charge in [-0.2, -0.15) is 21.4 Å². The van der Waals surface area contributed by atoms with E-state index in [2.05, 4.69) is 15.5 Å². The van der Waals surface area contributed by atoms with Crippen LogP contribution in [-0.2, 0) is 0 Å². The number of aromatic nitrogens is 1. The molecule has 5 nitrogen and oxygen atoms in total. The summed E-state index contributed by atoms with van der Waals surface area (Å²) in [7, 11) is 0. The molecule has 0 atom stereocenters. The molecule has 20 heavy (non-hydrogen) atoms. The van der Waals surface area contributed by atoms with Crippen LogP contribution in [0.2, 0.25) is 15.2 Å². The Labute approximate surface area is 133 Å². The van der Waals surface area contributed by atoms with E-state index in [4.69, 9.17) is 40.5 Å². The number of nitrogens with one attached hydrogen (secondary N) is 2. The van der Waals surface area contributed by atoms with Crippen molar-refractivity contribution >= 4 is 63.9 Å². The lowest BCUT2D eigenvalue weighted by Crippen LogP contribution is -2.28. The normalized spacial score (nSPS) is 10.9. The predicted molar refractivity (Wildman–Crippen MR) is 81.8 cm³/mol. The van der Waals surface area contributed by atoms with E-state index in [0.29, 0.717) is 0 Å². The molecule has 0 fully saturated rings. The summed E-state index contributed by atoms with van der Waals surface area (Å²) in [6.07, 6.45) is 1.50. The van der Waals surface area contributed by atoms with Crippen LogP contribution in [0.4, 0.5) is 5.69 Å². The highest BCUT2D eigenvalue weighted by Crippen LogP contribution is 2.31. The van der Waals surface area contributed by atoms with Gasteiger partial charge in [0.2, 0.25) is 0 Å². The maximum atomic E-state index is 11.9. The number of thiophene rings is 1. The summed E-state index contributed by atoms with van der Waals surface area (Å²) in [6.45, 7) is 0. The van der Waals surface area contributed by atoms with Gasteiger partial charge in [0.15, 0.2) is 0 Å². The van der Waals surface area contributed by atoms with E-state index in [9.17, 15) is 4.79 Å². The first kappa shape index (κ1) is 15.1. The fourth-order valence-electron chi connectivity index (χ4n) is 1.29. The number of hydrogen-bond acceptors (Lipinski definition) is 4. The van der Waals surface area contributed by atoms with E-state index in [1.54, 1.807) is 0 Å². The first-order valence-electron chi connectivity index (χ1n) is 5.21. The number of H-pyrrole nitrogens is 1. The van der Waals surface area contributed by atoms with E-state index >= 15 is 0 Å². The summed E-state index contributed by atoms with van der Waals surface area (Å²) in [6, 6.07) is 1.86. The summed E-state index contributed by atoms with van der Waals surface area (Å²) in [5.41, 5.74) is 8.85. The van der Waals surface area contributed by atoms with Gasteiger partial charge in [-0.1, -0.05) is 23.2 Å². The van der Waals surface area contributed by atoms with Gasteiger partial charge in [-0.15, -0.1) is 0 Å². The zero-order valence-electron chi connectivity index (χ0n) is 9.78. The molecule has 0 aliphatic rings. The van der Waals surface area contributed by atoms with E-state index in [0.717, 1.165) is 5.56 Å². The fraction of sp³-hybridized carbons (Fsp3) is 0. The Morgan fingerprint density at radius 2 is 2.15 bits per heavy atom. The molecule has 104 valence electrons. The molecule has 0 aliphatic carbocycles. The van der Waals surface area contributed by atoms with Crippen LogP contribution < -0.4 is 16.1 Å². The molecule has 0 unspecified atom stereocenters. The summed E-state index contributed by atoms with van der Waals surface area (Å²) >= 11 is 19.1. The van der Waals surface area contributed by atoms with Crippen LogP contribution in [0.25, 0.3) is 0 Å². The molecule has 9 heteroatoms. The molecule has 1 amide bonds. The van der Waals surface area contributed by atoms with Crippen molar-refractivity contribution in [1.82, 2.24) is 5.43 Å². The van der Waals surface area contributed by atoms with Gasteiger partial charge in [0.1, 0.15) is 10.0 Å². The standard InChI is InChI=1S/C11H7Cl3N4OS/c12-6-8(15)7(13)10(14)17-9(6)11(19)18-16-3-5-1-2-20-4-5/h1-4H,(H2,15,17)(H,18,19)/p+1/b16-3-. The second-order valence-corrected chi connectivity index (χ2v) is 5.53. The molecule has 0 saturated carbocycles. The SMILES string of the molecule is Nc1c(Cl)c(Cl)[nH+]c(C(=O)N/N=C\c2ccsc2)c1Cl. The third-order valence-corrected chi connectivity index (χ3v) is 4.14. The highest BCUT2D eigenvalue weighted by Gasteiger charge is 2.25. The largest absolute Gasteiger partial charge is 0.396 e. The number of halogens is 3. The van der Waals surface area contributed by atoms with Gasteiger partial charge in [-0.3, -0.25) is 4.79 Å². The molecule has 2 aromatic rings. The monoisotopic (exact) mass is 349 g/mol. The third kappa shape index (κ3) is 3.21. The van der Waals surface area contributed by atoms with Crippen molar-refractivity contribution in [3.05, 3.63) is 43.3 Å². The first-order chi connectivity index (χ1) is 9.50. The lowest BCUT2D eigenvalue weighted by molar-refractivity contribution is -0.379. The van der Waals surface area contributed by atoms with E-state index < -0.39 is 5.91 Å². The van der Waals surface area contributed by atoms with Crippen molar-refractivity contribution in [2.75, 3.05) is 5.73 Å². The lowest BCUT2D eigenvalue weighted by atomic mass is 10.3. The molecule has 0 saturated heterocycles. The molecule has 2 heterocycles. The number of pyridine rings is 1. The van der Waals surface area contributed by atoms with E-state index in [-0.39, 0.29) is 26.6 Å². The smallest absolute Gasteiger partial charge is 0.337 e. The van der Waals surface area contributed by atoms with Crippen LogP contribution in [0.15, 0.2) is 21.9 Å². The average Bonchev–Trinajstić information content (AvgIpc) is 2.93. The van der Waals surface area contributed by atoms with Gasteiger partial charge in [-0.05, 0) is 28.4 Å². The van der Waals surface area contributed by atoms with Crippen molar-refractivity contribution in [1.29, 1.82) is 0 Å². The third-order valence-electron chi connectivity index (χ3n) is 2.27. The number of hydrazone groups is 1. The number of anilines is 1. The number of amides is 1. The molecule has 0 radical (unpaired) electrons. The van der Waals surface area contributed by atoms with E-state index in [1.165, 1.54) is 17.6 Å². The summed E-state index contributed by atoms with van der Waals surface area (Å²) in [5.74, 6) is -0.577. The minimum absolute atomic E-state index is 0.0115. The van der Waals surface area contributed by atoms with Gasteiger partial charge in [0.25, 0.3) is 10.8 Å². The van der Waals surface area contributed by atoms with Crippen LogP contribution in [0.5, 0.6) is 0 Å². The van der Waals surface area contributed by atoms with Gasteiger partial charge in [0, 0.05) is 5.56 Å². The molecule has 2 aromatic heterocycles. The van der Waals surface area contributed by atoms with Gasteiger partial charge in [-0.25, -0.2) is 5.43 Å². The Bertz CT molecular complexity index is 673. The molecule has 0 spiro atoms. The highest BCUT2D eigenvalue weighted by atomic mass is 35.5. The van der Waals surface area contributed by atoms with Crippen LogP contribution in [-0.4, -0.2) is 12.1 Å². The van der Waals surface area contributed by atoms with Crippen LogP contribution >= 0.6 is 46.1 Å². The molecule has 0 aliphatic heterocycles. The minimum atomic E-state index is -0.577. The first-order valence-corrected chi connectivity index (χ1v) is 7.29. The maximum Gasteiger partial charge on any atom is 0.337 e. The molecule has 2 rings (SSSR count). The van der Waals surface area contributed by atoms with Crippen LogP contribution in [0.3, 0.4) is 0 Å². The van der Waals surface area contributed by atoms with E-state index in [1.807, 2.05) is 16.8 Å². The van der Waals surface area contributed by atoms with Crippen molar-refractivity contribution in [2.24, 2.45) is 5.10 Å². The molecule has 0 aromatic carbocycles. The predicted octanol–water partition coefficient (Wildman–Crippen LogP) is 2.87. The zero-order chi connectivity index (χ0) is 14.7. The average molecular weight is 351 g/mol. The number of nitrogens with zero attached hydrogens (tertiary/aromatic N) is 1. The lowest BCUT2D eigenvalue weighted by Gasteiger charge is -2.02. The van der Waals surface area contributed by atoms with Gasteiger partial charge >= 0.3 is 5.91 Å². The Morgan fingerprint density at radius 3 is 2.80 bits per heavy atom. The van der Waals surface area contributed by atoms with Crippen LogP contribution in [0.1, 0.15) is 16.1 Å². The van der Waals surface area contributed by atoms with Gasteiger partial charge < -0.3 is 5.73 Å². The number of nitrogen functional groups attached to an aromatic ring is 1. The topological polar surface area (TPSA) is 81.6 Å². The highest BCUT2D eigenvalue weighted by molar-refractivity contribution is 7.08. The second-order valence-electron chi connectivity index (χ2n) is 3.61. The Morgan fingerprint density at radius 1 is 1.40 bits per heavy atom. The number of rotatable bonds is 3. The Balaban J connectivity index is 2.18. The number of aromatic amines is 1. The number of carbonyl (C=O) groups is 1. The number of carbonyl (C=O) groups excluding carboxylic acids is 1. The summed E-state index contributed by atoms with van der Waals surface area (Å²) < 4.78 is 0. The van der Waals surface area contributed by atoms with Crippen molar-refractivity contribution in [3.8, 4) is 0 Å². The van der Waals surface area contributed by atoms with Crippen LogP contribution in [0, 0.1) is 0 Å². The molecule has 0 bridgehead atoms. The Hall–Kier alpha value is -1.34. The zero-order valence-corrected chi connectivity index (χ0v) is 12.9. The quantitative estimate of drug-likeness (QED) is 0.507. The molecular formula is C11H8Cl3N4OS+. The molecular weight excluding hydrogens is 343 g/mol. The Kier molecular flexibility index (Phi) is 4.82. The number of nitrogens with two attached hydrogens (primary N) is 1. The second kappa shape index (κ2) is 6.41. The number of hydrogen-bond donors (Lipinski definition) is 2. The van der Waals surface area contributed by atoms with Crippen molar-refractivity contribution in [2.45, 2.75) is 0 Å². The van der Waals surface area contributed by atoms with Gasteiger partial charge in [0.05, 0.1) is 11.9 Å². The van der Waals surface area contributed by atoms with Crippen molar-refractivity contribution in [3.63, 3.8) is 0 Å². The fourth-order valence-corrected chi connectivity index (χ4v) is 2.52. The summed E-state index contributed by atoms with van der Waals surface area (Å²) in [5, 5.41) is 7.66. The molecule has 4 N–H and O–H groups in total. The van der Waals surface area contributed by atoms with Crippen molar-refractivity contribution < 1.29 is 9.78 Å². The minimum Gasteiger partial charge on any atom is -0.396 e. The summed E-state index contributed by atoms with van der Waals surface area (Å²) in [4.78, 5) is 14.5. The maximum absolute atomic E-state index is 11.9.